The predicted octanol–water partition coefficient (Wildman–Crippen LogP) is 2.90. The van der Waals surface area contributed by atoms with Crippen molar-refractivity contribution in [3.63, 3.8) is 0 Å². The topological polar surface area (TPSA) is 91.6 Å². The van der Waals surface area contributed by atoms with Crippen LogP contribution < -0.4 is 0 Å². The maximum absolute atomic E-state index is 12.1. The first kappa shape index (κ1) is 24.1. The molecule has 1 saturated heterocycles. The Morgan fingerprint density at radius 3 is 2.57 bits per heavy atom. The van der Waals surface area contributed by atoms with Crippen LogP contribution >= 0.6 is 11.6 Å². The zero-order chi connectivity index (χ0) is 25.0. The highest BCUT2D eigenvalue weighted by Gasteiger charge is 2.39. The fraction of sp³-hybridized carbons (Fsp3) is 0.360. The second-order valence-electron chi connectivity index (χ2n) is 9.33. The number of piperazine rings is 1. The smallest absolute Gasteiger partial charge is 0.211 e. The lowest BCUT2D eigenvalue weighted by molar-refractivity contribution is 0.114. The standard InChI is InChI=1S/C25H28ClN5O3S/c1-25(32,22-15-27-16-29(22)2)21-13-17-5-4-8-28-23(17)24(19-7-6-18(26)14-20(19)21)30-9-11-31(12-10-30)35(3,33)34/h4-8,13-16,24,32H,9-12H2,1-3H3/t24-,25?/m0/s1. The highest BCUT2D eigenvalue weighted by atomic mass is 35.5. The maximum Gasteiger partial charge on any atom is 0.211 e. The first-order valence-corrected chi connectivity index (χ1v) is 13.7. The Hall–Kier alpha value is -2.56. The fourth-order valence-corrected chi connectivity index (χ4v) is 6.19. The summed E-state index contributed by atoms with van der Waals surface area (Å²) in [6, 6.07) is 9.38. The average Bonchev–Trinajstić information content (AvgIpc) is 3.19. The number of aryl methyl sites for hydroxylation is 1. The first-order valence-electron chi connectivity index (χ1n) is 11.4. The van der Waals surface area contributed by atoms with Crippen molar-refractivity contribution >= 4 is 33.3 Å². The lowest BCUT2D eigenvalue weighted by Gasteiger charge is -2.39. The van der Waals surface area contributed by atoms with E-state index in [0.717, 1.165) is 22.4 Å². The minimum absolute atomic E-state index is 0.226. The predicted molar refractivity (Wildman–Crippen MR) is 136 cm³/mol. The van der Waals surface area contributed by atoms with Gasteiger partial charge >= 0.3 is 0 Å². The van der Waals surface area contributed by atoms with Gasteiger partial charge in [0.2, 0.25) is 10.0 Å². The van der Waals surface area contributed by atoms with Crippen LogP contribution in [0.25, 0.3) is 11.6 Å². The van der Waals surface area contributed by atoms with Crippen molar-refractivity contribution in [2.75, 3.05) is 32.4 Å². The largest absolute Gasteiger partial charge is 0.379 e. The number of fused-ring (bicyclic) bond motifs is 2. The first-order chi connectivity index (χ1) is 16.6. The van der Waals surface area contributed by atoms with Gasteiger partial charge in [0.1, 0.15) is 5.60 Å². The Bertz CT molecular complexity index is 1410. The summed E-state index contributed by atoms with van der Waals surface area (Å²) in [5.41, 5.74) is 3.55. The Labute approximate surface area is 210 Å². The second kappa shape index (κ2) is 8.83. The van der Waals surface area contributed by atoms with Gasteiger partial charge in [0.15, 0.2) is 0 Å². The molecule has 3 aromatic rings. The van der Waals surface area contributed by atoms with E-state index in [1.165, 1.54) is 10.6 Å². The van der Waals surface area contributed by atoms with Gasteiger partial charge < -0.3 is 9.67 Å². The molecule has 5 rings (SSSR count). The molecule has 0 spiro atoms. The lowest BCUT2D eigenvalue weighted by Crippen LogP contribution is -2.49. The van der Waals surface area contributed by atoms with Crippen LogP contribution in [-0.2, 0) is 22.7 Å². The number of aliphatic hydroxyl groups is 1. The highest BCUT2D eigenvalue weighted by molar-refractivity contribution is 7.88. The molecule has 1 unspecified atom stereocenters. The van der Waals surface area contributed by atoms with Gasteiger partial charge in [-0.3, -0.25) is 9.88 Å². The van der Waals surface area contributed by atoms with E-state index in [4.69, 9.17) is 16.6 Å². The lowest BCUT2D eigenvalue weighted by atomic mass is 9.84. The number of imidazole rings is 1. The van der Waals surface area contributed by atoms with Crippen molar-refractivity contribution in [1.82, 2.24) is 23.7 Å². The van der Waals surface area contributed by atoms with Gasteiger partial charge in [0.05, 0.1) is 36.2 Å². The number of pyridine rings is 1. The molecule has 3 heterocycles. The molecule has 2 aromatic heterocycles. The summed E-state index contributed by atoms with van der Waals surface area (Å²) in [5.74, 6) is 0. The van der Waals surface area contributed by atoms with Crippen LogP contribution in [0.3, 0.4) is 0 Å². The third-order valence-corrected chi connectivity index (χ3v) is 8.52. The summed E-state index contributed by atoms with van der Waals surface area (Å²) in [4.78, 5) is 11.2. The maximum atomic E-state index is 12.1. The molecular weight excluding hydrogens is 486 g/mol. The quantitative estimate of drug-likeness (QED) is 0.577. The summed E-state index contributed by atoms with van der Waals surface area (Å²) in [6.45, 7) is 3.70. The van der Waals surface area contributed by atoms with Crippen molar-refractivity contribution in [3.05, 3.63) is 82.2 Å². The van der Waals surface area contributed by atoms with E-state index >= 15 is 0 Å². The van der Waals surface area contributed by atoms with Crippen LogP contribution in [0.15, 0.2) is 49.1 Å². The Morgan fingerprint density at radius 1 is 1.17 bits per heavy atom. The number of nitrogens with zero attached hydrogens (tertiary/aromatic N) is 5. The third-order valence-electron chi connectivity index (χ3n) is 6.98. The van der Waals surface area contributed by atoms with Crippen LogP contribution in [0.1, 0.15) is 41.0 Å². The van der Waals surface area contributed by atoms with Crippen molar-refractivity contribution in [1.29, 1.82) is 0 Å². The van der Waals surface area contributed by atoms with Gasteiger partial charge in [-0.15, -0.1) is 0 Å². The summed E-state index contributed by atoms with van der Waals surface area (Å²) < 4.78 is 27.5. The third kappa shape index (κ3) is 4.32. The molecule has 35 heavy (non-hydrogen) atoms. The molecule has 0 saturated carbocycles. The van der Waals surface area contributed by atoms with Crippen molar-refractivity contribution in [3.8, 4) is 0 Å². The molecule has 1 fully saturated rings. The normalized spacial score (nSPS) is 20.9. The van der Waals surface area contributed by atoms with Gasteiger partial charge in [-0.25, -0.2) is 13.4 Å². The molecule has 0 bridgehead atoms. The van der Waals surface area contributed by atoms with E-state index in [2.05, 4.69) is 9.88 Å². The molecule has 8 nitrogen and oxygen atoms in total. The monoisotopic (exact) mass is 513 g/mol. The molecule has 0 amide bonds. The second-order valence-corrected chi connectivity index (χ2v) is 11.7. The zero-order valence-corrected chi connectivity index (χ0v) is 21.5. The van der Waals surface area contributed by atoms with Crippen LogP contribution in [0, 0.1) is 0 Å². The van der Waals surface area contributed by atoms with E-state index in [9.17, 15) is 13.5 Å². The van der Waals surface area contributed by atoms with E-state index in [-0.39, 0.29) is 6.04 Å². The number of hydrogen-bond donors (Lipinski definition) is 1. The molecule has 184 valence electrons. The molecule has 2 atom stereocenters. The highest BCUT2D eigenvalue weighted by Crippen LogP contribution is 2.46. The molecule has 1 aliphatic heterocycles. The van der Waals surface area contributed by atoms with Crippen LogP contribution in [0.5, 0.6) is 0 Å². The number of hydrogen-bond acceptors (Lipinski definition) is 6. The Kier molecular flexibility index (Phi) is 6.09. The van der Waals surface area contributed by atoms with Gasteiger partial charge in [-0.05, 0) is 53.5 Å². The SMILES string of the molecule is Cn1cncc1C(C)(O)C1=Cc2cccnc2[C@@H](N2CCN(S(C)(=O)=O)CC2)c2ccc(Cl)cc21. The van der Waals surface area contributed by atoms with Crippen LogP contribution in [-0.4, -0.2) is 69.7 Å². The number of sulfonamides is 1. The summed E-state index contributed by atoms with van der Waals surface area (Å²) in [7, 11) is -1.40. The van der Waals surface area contributed by atoms with Gasteiger partial charge in [-0.1, -0.05) is 23.7 Å². The van der Waals surface area contributed by atoms with Crippen molar-refractivity contribution in [2.45, 2.75) is 18.6 Å². The molecule has 2 aliphatic rings. The summed E-state index contributed by atoms with van der Waals surface area (Å²) in [5, 5.41) is 12.5. The molecule has 0 radical (unpaired) electrons. The number of benzene rings is 1. The Balaban J connectivity index is 1.68. The molecule has 1 aromatic carbocycles. The van der Waals surface area contributed by atoms with E-state index in [0.29, 0.717) is 42.5 Å². The molecule has 1 aliphatic carbocycles. The summed E-state index contributed by atoms with van der Waals surface area (Å²) >= 11 is 6.49. The number of aromatic nitrogens is 3. The van der Waals surface area contributed by atoms with Gasteiger partial charge in [0, 0.05) is 44.4 Å². The molecular formula is C25H28ClN5O3S. The van der Waals surface area contributed by atoms with E-state index in [1.54, 1.807) is 25.6 Å². The van der Waals surface area contributed by atoms with Crippen molar-refractivity contribution < 1.29 is 13.5 Å². The van der Waals surface area contributed by atoms with Crippen molar-refractivity contribution in [2.24, 2.45) is 7.05 Å². The van der Waals surface area contributed by atoms with Crippen LogP contribution in [0.4, 0.5) is 0 Å². The van der Waals surface area contributed by atoms with Crippen LogP contribution in [0.2, 0.25) is 5.02 Å². The fourth-order valence-electron chi connectivity index (χ4n) is 5.19. The van der Waals surface area contributed by atoms with Gasteiger partial charge in [-0.2, -0.15) is 4.31 Å². The zero-order valence-electron chi connectivity index (χ0n) is 19.9. The number of halogens is 1. The van der Waals surface area contributed by atoms with Gasteiger partial charge in [0.25, 0.3) is 0 Å². The molecule has 1 N–H and O–H groups in total. The Morgan fingerprint density at radius 2 is 1.91 bits per heavy atom. The minimum Gasteiger partial charge on any atom is -0.379 e. The number of rotatable bonds is 4. The average molecular weight is 514 g/mol. The van der Waals surface area contributed by atoms with E-state index < -0.39 is 15.6 Å². The minimum atomic E-state index is -3.25. The molecule has 10 heteroatoms. The summed E-state index contributed by atoms with van der Waals surface area (Å²) in [6.07, 6.45) is 8.34. The van der Waals surface area contributed by atoms with E-state index in [1.807, 2.05) is 48.0 Å².